The van der Waals surface area contributed by atoms with Crippen LogP contribution in [0.3, 0.4) is 0 Å². The van der Waals surface area contributed by atoms with E-state index in [2.05, 4.69) is 4.72 Å². The lowest BCUT2D eigenvalue weighted by atomic mass is 9.89. The third-order valence-corrected chi connectivity index (χ3v) is 7.20. The van der Waals surface area contributed by atoms with Gasteiger partial charge in [-0.05, 0) is 72.7 Å². The van der Waals surface area contributed by atoms with Gasteiger partial charge in [0.2, 0.25) is 15.9 Å². The maximum absolute atomic E-state index is 12.2. The van der Waals surface area contributed by atoms with Gasteiger partial charge in [-0.1, -0.05) is 17.7 Å². The van der Waals surface area contributed by atoms with Crippen LogP contribution in [0.2, 0.25) is 5.02 Å². The minimum atomic E-state index is -3.36. The number of aryl methyl sites for hydroxylation is 1. The van der Waals surface area contributed by atoms with Crippen LogP contribution in [-0.2, 0) is 16.4 Å². The Bertz CT molecular complexity index is 1000. The highest BCUT2D eigenvalue weighted by Crippen LogP contribution is 2.41. The summed E-state index contributed by atoms with van der Waals surface area (Å²) in [4.78, 5) is 11.9. The molecule has 1 atom stereocenters. The van der Waals surface area contributed by atoms with Crippen LogP contribution in [0.4, 0.5) is 5.69 Å². The van der Waals surface area contributed by atoms with Crippen LogP contribution >= 0.6 is 11.6 Å². The van der Waals surface area contributed by atoms with Crippen molar-refractivity contribution in [3.63, 3.8) is 0 Å². The molecule has 4 rings (SSSR count). The van der Waals surface area contributed by atoms with E-state index in [0.717, 1.165) is 29.5 Å². The van der Waals surface area contributed by atoms with Crippen LogP contribution in [0.25, 0.3) is 0 Å². The Morgan fingerprint density at radius 3 is 2.54 bits per heavy atom. The number of primary amides is 1. The summed E-state index contributed by atoms with van der Waals surface area (Å²) in [6, 6.07) is 10.7. The number of hydrogen-bond donors (Lipinski definition) is 2. The standard InChI is InChI=1S/C19H19ClN2O3S/c20-12-2-7-15-11(9-12)1-6-16(15)18-10-13(3-8-17(18)19(21)23)22-26(24,25)14-4-5-14/h2-3,7-10,14,16,22H,1,4-6H2,(H2,21,23)/t16-/m1/s1. The molecule has 136 valence electrons. The molecule has 1 fully saturated rings. The van der Waals surface area contributed by atoms with Gasteiger partial charge >= 0.3 is 0 Å². The zero-order valence-electron chi connectivity index (χ0n) is 14.0. The molecule has 0 aromatic heterocycles. The summed E-state index contributed by atoms with van der Waals surface area (Å²) in [6.45, 7) is 0. The molecule has 2 aromatic carbocycles. The van der Waals surface area contributed by atoms with Crippen molar-refractivity contribution in [2.24, 2.45) is 5.73 Å². The predicted octanol–water partition coefficient (Wildman–Crippen LogP) is 3.42. The van der Waals surface area contributed by atoms with E-state index in [1.165, 1.54) is 0 Å². The van der Waals surface area contributed by atoms with Gasteiger partial charge in [0.25, 0.3) is 0 Å². The van der Waals surface area contributed by atoms with Gasteiger partial charge in [0, 0.05) is 22.2 Å². The second-order valence-corrected chi connectivity index (χ2v) is 9.34. The smallest absolute Gasteiger partial charge is 0.249 e. The first-order valence-corrected chi connectivity index (χ1v) is 10.5. The fraction of sp³-hybridized carbons (Fsp3) is 0.316. The maximum atomic E-state index is 12.2. The number of carbonyl (C=O) groups is 1. The van der Waals surface area contributed by atoms with Gasteiger partial charge in [0.15, 0.2) is 0 Å². The third-order valence-electron chi connectivity index (χ3n) is 5.10. The van der Waals surface area contributed by atoms with E-state index in [1.54, 1.807) is 18.2 Å². The molecule has 2 aliphatic carbocycles. The van der Waals surface area contributed by atoms with Crippen molar-refractivity contribution in [2.75, 3.05) is 4.72 Å². The molecule has 0 saturated heterocycles. The minimum absolute atomic E-state index is 0.00449. The summed E-state index contributed by atoms with van der Waals surface area (Å²) in [5, 5.41) is 0.376. The lowest BCUT2D eigenvalue weighted by Gasteiger charge is -2.18. The summed E-state index contributed by atoms with van der Waals surface area (Å²) in [6.07, 6.45) is 3.07. The Morgan fingerprint density at radius 1 is 1.08 bits per heavy atom. The Kier molecular flexibility index (Phi) is 4.20. The molecule has 0 spiro atoms. The fourth-order valence-corrected chi connectivity index (χ4v) is 5.25. The van der Waals surface area contributed by atoms with Gasteiger partial charge in [-0.3, -0.25) is 9.52 Å². The van der Waals surface area contributed by atoms with Gasteiger partial charge < -0.3 is 5.73 Å². The van der Waals surface area contributed by atoms with Crippen LogP contribution in [0, 0.1) is 0 Å². The van der Waals surface area contributed by atoms with Crippen LogP contribution in [-0.4, -0.2) is 19.6 Å². The Hall–Kier alpha value is -2.05. The van der Waals surface area contributed by atoms with E-state index in [1.807, 2.05) is 18.2 Å². The summed E-state index contributed by atoms with van der Waals surface area (Å²) < 4.78 is 27.1. The molecule has 1 saturated carbocycles. The number of carbonyl (C=O) groups excluding carboxylic acids is 1. The lowest BCUT2D eigenvalue weighted by Crippen LogP contribution is -2.19. The van der Waals surface area contributed by atoms with Gasteiger partial charge in [-0.15, -0.1) is 0 Å². The monoisotopic (exact) mass is 390 g/mol. The molecule has 0 radical (unpaired) electrons. The first-order valence-electron chi connectivity index (χ1n) is 8.59. The lowest BCUT2D eigenvalue weighted by molar-refractivity contribution is 0.0999. The van der Waals surface area contributed by atoms with E-state index in [9.17, 15) is 13.2 Å². The predicted molar refractivity (Wildman–Crippen MR) is 102 cm³/mol. The summed E-state index contributed by atoms with van der Waals surface area (Å²) >= 11 is 6.08. The van der Waals surface area contributed by atoms with Crippen molar-refractivity contribution in [2.45, 2.75) is 36.9 Å². The number of rotatable bonds is 5. The minimum Gasteiger partial charge on any atom is -0.366 e. The van der Waals surface area contributed by atoms with Crippen molar-refractivity contribution < 1.29 is 13.2 Å². The van der Waals surface area contributed by atoms with Gasteiger partial charge in [-0.2, -0.15) is 0 Å². The Labute approximate surface area is 157 Å². The number of sulfonamides is 1. The first kappa shape index (κ1) is 17.4. The second-order valence-electron chi connectivity index (χ2n) is 6.95. The quantitative estimate of drug-likeness (QED) is 0.819. The van der Waals surface area contributed by atoms with Crippen LogP contribution in [0.5, 0.6) is 0 Å². The number of anilines is 1. The molecule has 1 amide bonds. The van der Waals surface area contributed by atoms with E-state index in [0.29, 0.717) is 29.1 Å². The number of amides is 1. The molecule has 2 aliphatic rings. The second kappa shape index (κ2) is 6.28. The fourth-order valence-electron chi connectivity index (χ4n) is 3.67. The van der Waals surface area contributed by atoms with Crippen molar-refractivity contribution in [1.82, 2.24) is 0 Å². The number of fused-ring (bicyclic) bond motifs is 1. The van der Waals surface area contributed by atoms with Gasteiger partial charge in [-0.25, -0.2) is 8.42 Å². The molecule has 3 N–H and O–H groups in total. The molecule has 0 unspecified atom stereocenters. The van der Waals surface area contributed by atoms with Crippen molar-refractivity contribution >= 4 is 33.2 Å². The zero-order valence-corrected chi connectivity index (χ0v) is 15.6. The average Bonchev–Trinajstić information content (AvgIpc) is 3.36. The number of nitrogens with one attached hydrogen (secondary N) is 1. The topological polar surface area (TPSA) is 89.3 Å². The van der Waals surface area contributed by atoms with Crippen LogP contribution in [0.1, 0.15) is 52.2 Å². The highest BCUT2D eigenvalue weighted by molar-refractivity contribution is 7.93. The normalized spacial score (nSPS) is 19.2. The van der Waals surface area contributed by atoms with Crippen LogP contribution in [0.15, 0.2) is 36.4 Å². The van der Waals surface area contributed by atoms with E-state index in [-0.39, 0.29) is 11.2 Å². The number of hydrogen-bond acceptors (Lipinski definition) is 3. The maximum Gasteiger partial charge on any atom is 0.249 e. The zero-order chi connectivity index (χ0) is 18.5. The first-order chi connectivity index (χ1) is 12.3. The Morgan fingerprint density at radius 2 is 1.85 bits per heavy atom. The van der Waals surface area contributed by atoms with Crippen LogP contribution < -0.4 is 10.5 Å². The SMILES string of the molecule is NC(=O)c1ccc(NS(=O)(=O)C2CC2)cc1[C@@H]1CCc2cc(Cl)ccc21. The third kappa shape index (κ3) is 3.19. The number of halogens is 1. The van der Waals surface area contributed by atoms with E-state index >= 15 is 0 Å². The largest absolute Gasteiger partial charge is 0.366 e. The number of nitrogens with two attached hydrogens (primary N) is 1. The Balaban J connectivity index is 1.75. The number of benzene rings is 2. The average molecular weight is 391 g/mol. The van der Waals surface area contributed by atoms with Gasteiger partial charge in [0.05, 0.1) is 5.25 Å². The summed E-state index contributed by atoms with van der Waals surface area (Å²) in [7, 11) is -3.36. The highest BCUT2D eigenvalue weighted by Gasteiger charge is 2.36. The van der Waals surface area contributed by atoms with E-state index in [4.69, 9.17) is 17.3 Å². The molecule has 0 heterocycles. The molecule has 0 aliphatic heterocycles. The molecule has 7 heteroatoms. The molecular formula is C19H19ClN2O3S. The molecule has 26 heavy (non-hydrogen) atoms. The van der Waals surface area contributed by atoms with Crippen molar-refractivity contribution in [1.29, 1.82) is 0 Å². The van der Waals surface area contributed by atoms with Crippen molar-refractivity contribution in [3.05, 3.63) is 63.7 Å². The van der Waals surface area contributed by atoms with Crippen molar-refractivity contribution in [3.8, 4) is 0 Å². The highest BCUT2D eigenvalue weighted by atomic mass is 35.5. The summed E-state index contributed by atoms with van der Waals surface area (Å²) in [5.41, 5.74) is 9.48. The molecular weight excluding hydrogens is 372 g/mol. The van der Waals surface area contributed by atoms with E-state index < -0.39 is 15.9 Å². The summed E-state index contributed by atoms with van der Waals surface area (Å²) in [5.74, 6) is -0.519. The van der Waals surface area contributed by atoms with Gasteiger partial charge in [0.1, 0.15) is 0 Å². The molecule has 5 nitrogen and oxygen atoms in total. The molecule has 0 bridgehead atoms. The molecule has 2 aromatic rings.